The zero-order valence-corrected chi connectivity index (χ0v) is 14.8. The summed E-state index contributed by atoms with van der Waals surface area (Å²) in [5, 5.41) is 3.42. The van der Waals surface area contributed by atoms with E-state index in [0.29, 0.717) is 6.04 Å². The number of hydrogen-bond donors (Lipinski definition) is 1. The number of anilines is 2. The summed E-state index contributed by atoms with van der Waals surface area (Å²) in [6, 6.07) is 2.64. The highest BCUT2D eigenvalue weighted by molar-refractivity contribution is 7.99. The Kier molecular flexibility index (Phi) is 5.36. The highest BCUT2D eigenvalue weighted by Crippen LogP contribution is 2.27. The normalized spacial score (nSPS) is 19.7. The van der Waals surface area contributed by atoms with Crippen LogP contribution in [0.3, 0.4) is 0 Å². The lowest BCUT2D eigenvalue weighted by Crippen LogP contribution is -2.41. The Morgan fingerprint density at radius 3 is 2.76 bits per heavy atom. The van der Waals surface area contributed by atoms with Crippen LogP contribution in [0.25, 0.3) is 0 Å². The Hall–Kier alpha value is -0.970. The summed E-state index contributed by atoms with van der Waals surface area (Å²) in [7, 11) is 0. The van der Waals surface area contributed by atoms with Crippen LogP contribution >= 0.6 is 11.8 Å². The Morgan fingerprint density at radius 1 is 1.38 bits per heavy atom. The summed E-state index contributed by atoms with van der Waals surface area (Å²) in [6.07, 6.45) is 1.10. The van der Waals surface area contributed by atoms with Crippen molar-refractivity contribution in [3.8, 4) is 0 Å². The summed E-state index contributed by atoms with van der Waals surface area (Å²) < 4.78 is 0. The molecule has 0 aromatic carbocycles. The molecule has 0 bridgehead atoms. The van der Waals surface area contributed by atoms with Crippen LogP contribution in [0.5, 0.6) is 0 Å². The first-order valence-corrected chi connectivity index (χ1v) is 9.05. The van der Waals surface area contributed by atoms with Crippen molar-refractivity contribution >= 4 is 23.4 Å². The summed E-state index contributed by atoms with van der Waals surface area (Å²) in [4.78, 5) is 12.0. The van der Waals surface area contributed by atoms with Gasteiger partial charge in [-0.05, 0) is 13.3 Å². The molecule has 0 aliphatic carbocycles. The largest absolute Gasteiger partial charge is 0.370 e. The van der Waals surface area contributed by atoms with E-state index < -0.39 is 0 Å². The SMILES string of the molecule is CCCNc1cc(N2CCSCC2C)nc(C(C)(C)C)n1. The first kappa shape index (κ1) is 16.4. The molecule has 1 N–H and O–H groups in total. The standard InChI is InChI=1S/C16H28N4S/c1-6-7-17-13-10-14(19-15(18-13)16(3,4)5)20-8-9-21-11-12(20)2/h10,12H,6-9,11H2,1-5H3,(H,17,18,19). The monoisotopic (exact) mass is 308 g/mol. The van der Waals surface area contributed by atoms with Gasteiger partial charge in [-0.3, -0.25) is 0 Å². The van der Waals surface area contributed by atoms with Crippen molar-refractivity contribution in [2.75, 3.05) is 34.8 Å². The lowest BCUT2D eigenvalue weighted by molar-refractivity contribution is 0.542. The average Bonchev–Trinajstić information content (AvgIpc) is 2.44. The molecule has 1 atom stereocenters. The predicted octanol–water partition coefficient (Wildman–Crippen LogP) is 3.54. The number of aromatic nitrogens is 2. The van der Waals surface area contributed by atoms with Gasteiger partial charge in [-0.25, -0.2) is 9.97 Å². The third-order valence-electron chi connectivity index (χ3n) is 3.60. The van der Waals surface area contributed by atoms with Crippen LogP contribution in [0.2, 0.25) is 0 Å². The smallest absolute Gasteiger partial charge is 0.138 e. The first-order chi connectivity index (χ1) is 9.91. The van der Waals surface area contributed by atoms with Crippen LogP contribution in [0.15, 0.2) is 6.07 Å². The van der Waals surface area contributed by atoms with Crippen LogP contribution in [0.4, 0.5) is 11.6 Å². The molecule has 0 amide bonds. The lowest BCUT2D eigenvalue weighted by atomic mass is 9.95. The summed E-state index contributed by atoms with van der Waals surface area (Å²) >= 11 is 2.03. The van der Waals surface area contributed by atoms with Gasteiger partial charge in [-0.15, -0.1) is 0 Å². The molecule has 2 rings (SSSR count). The zero-order valence-electron chi connectivity index (χ0n) is 13.9. The van der Waals surface area contributed by atoms with Crippen molar-refractivity contribution in [2.45, 2.75) is 52.5 Å². The Labute approximate surface area is 133 Å². The van der Waals surface area contributed by atoms with E-state index in [1.54, 1.807) is 0 Å². The van der Waals surface area contributed by atoms with Gasteiger partial charge >= 0.3 is 0 Å². The van der Waals surface area contributed by atoms with Crippen LogP contribution in [0.1, 0.15) is 46.9 Å². The molecule has 1 aromatic rings. The minimum Gasteiger partial charge on any atom is -0.370 e. The van der Waals surface area contributed by atoms with Gasteiger partial charge in [0, 0.05) is 42.1 Å². The van der Waals surface area contributed by atoms with Crippen molar-refractivity contribution in [1.29, 1.82) is 0 Å². The van der Waals surface area contributed by atoms with E-state index >= 15 is 0 Å². The van der Waals surface area contributed by atoms with Crippen molar-refractivity contribution in [2.24, 2.45) is 0 Å². The molecule has 21 heavy (non-hydrogen) atoms. The molecule has 5 heteroatoms. The van der Waals surface area contributed by atoms with Crippen molar-refractivity contribution in [1.82, 2.24) is 9.97 Å². The molecule has 1 aliphatic rings. The molecule has 1 aromatic heterocycles. The van der Waals surface area contributed by atoms with E-state index in [1.165, 1.54) is 11.5 Å². The molecular weight excluding hydrogens is 280 g/mol. The van der Waals surface area contributed by atoms with E-state index in [-0.39, 0.29) is 5.41 Å². The van der Waals surface area contributed by atoms with Gasteiger partial charge in [-0.1, -0.05) is 27.7 Å². The van der Waals surface area contributed by atoms with Gasteiger partial charge < -0.3 is 10.2 Å². The second-order valence-corrected chi connectivity index (χ2v) is 7.88. The maximum absolute atomic E-state index is 4.85. The second-order valence-electron chi connectivity index (χ2n) is 6.73. The number of nitrogens with one attached hydrogen (secondary N) is 1. The summed E-state index contributed by atoms with van der Waals surface area (Å²) in [5.41, 5.74) is -0.0353. The van der Waals surface area contributed by atoms with Crippen molar-refractivity contribution < 1.29 is 0 Å². The van der Waals surface area contributed by atoms with E-state index in [0.717, 1.165) is 37.0 Å². The molecular formula is C16H28N4S. The van der Waals surface area contributed by atoms with Crippen LogP contribution in [-0.4, -0.2) is 40.6 Å². The second kappa shape index (κ2) is 6.86. The third kappa shape index (κ3) is 4.25. The van der Waals surface area contributed by atoms with Gasteiger partial charge in [0.25, 0.3) is 0 Å². The van der Waals surface area contributed by atoms with Crippen LogP contribution < -0.4 is 10.2 Å². The van der Waals surface area contributed by atoms with Gasteiger partial charge in [0.1, 0.15) is 17.5 Å². The quantitative estimate of drug-likeness (QED) is 0.921. The van der Waals surface area contributed by atoms with Gasteiger partial charge in [0.2, 0.25) is 0 Å². The topological polar surface area (TPSA) is 41.0 Å². The van der Waals surface area contributed by atoms with Crippen molar-refractivity contribution in [3.05, 3.63) is 11.9 Å². The summed E-state index contributed by atoms with van der Waals surface area (Å²) in [5.74, 6) is 5.30. The van der Waals surface area contributed by atoms with Gasteiger partial charge in [-0.2, -0.15) is 11.8 Å². The molecule has 1 aliphatic heterocycles. The molecule has 0 radical (unpaired) electrons. The highest BCUT2D eigenvalue weighted by atomic mass is 32.2. The number of hydrogen-bond acceptors (Lipinski definition) is 5. The third-order valence-corrected chi connectivity index (χ3v) is 4.79. The van der Waals surface area contributed by atoms with Gasteiger partial charge in [0.05, 0.1) is 0 Å². The van der Waals surface area contributed by atoms with E-state index in [9.17, 15) is 0 Å². The Balaban J connectivity index is 2.34. The molecule has 118 valence electrons. The fourth-order valence-electron chi connectivity index (χ4n) is 2.33. The van der Waals surface area contributed by atoms with Crippen LogP contribution in [0, 0.1) is 0 Å². The number of rotatable bonds is 4. The molecule has 4 nitrogen and oxygen atoms in total. The Bertz CT molecular complexity index is 470. The molecule has 0 spiro atoms. The molecule has 0 saturated carbocycles. The minimum atomic E-state index is -0.0353. The fraction of sp³-hybridized carbons (Fsp3) is 0.750. The van der Waals surface area contributed by atoms with E-state index in [4.69, 9.17) is 9.97 Å². The maximum atomic E-state index is 4.85. The lowest BCUT2D eigenvalue weighted by Gasteiger charge is -2.35. The maximum Gasteiger partial charge on any atom is 0.138 e. The zero-order chi connectivity index (χ0) is 15.5. The number of thioether (sulfide) groups is 1. The highest BCUT2D eigenvalue weighted by Gasteiger charge is 2.24. The average molecular weight is 308 g/mol. The Morgan fingerprint density at radius 2 is 2.14 bits per heavy atom. The predicted molar refractivity (Wildman–Crippen MR) is 93.6 cm³/mol. The number of nitrogens with zero attached hydrogens (tertiary/aromatic N) is 3. The van der Waals surface area contributed by atoms with Crippen molar-refractivity contribution in [3.63, 3.8) is 0 Å². The minimum absolute atomic E-state index is 0.0353. The molecule has 1 saturated heterocycles. The van der Waals surface area contributed by atoms with Gasteiger partial charge in [0.15, 0.2) is 0 Å². The fourth-order valence-corrected chi connectivity index (χ4v) is 3.34. The molecule has 2 heterocycles. The molecule has 1 unspecified atom stereocenters. The first-order valence-electron chi connectivity index (χ1n) is 7.89. The van der Waals surface area contributed by atoms with E-state index in [2.05, 4.69) is 50.9 Å². The molecule has 1 fully saturated rings. The van der Waals surface area contributed by atoms with E-state index in [1.807, 2.05) is 11.8 Å². The van der Waals surface area contributed by atoms with Crippen LogP contribution in [-0.2, 0) is 5.41 Å². The summed E-state index contributed by atoms with van der Waals surface area (Å²) in [6.45, 7) is 13.0.